The van der Waals surface area contributed by atoms with E-state index >= 15 is 0 Å². The van der Waals surface area contributed by atoms with Crippen LogP contribution in [0.3, 0.4) is 0 Å². The third-order valence-corrected chi connectivity index (χ3v) is 10.8. The monoisotopic (exact) mass is 965 g/mol. The standard InChI is InChI=1S/C51H84N10O8/c1-3-4-5-6-7-8-9-10-11-12-13-14-15-16-17-18-30-55-45(63)28-29-46(64)57-35-22-37-68-39-41-69-40-38-67-36-21-34-56-44(62)23-19-31-59-49(65)42-24-26-43(27-25-42)54-32-20-33-58-48-47(53-2)50(66)61-51(52)60-48/h10-11,24-27,33,54H,2-9,12-23,28-32,34-41H2,1H3,(H,55,63)(H,56,62)(H,57,64)(H,59,65)(H3,52,60,61,66)/b11-10-,58-33?. The maximum absolute atomic E-state index is 12.5. The number of nitrogens with zero attached hydrogens (tertiary/aromatic N) is 3. The van der Waals surface area contributed by atoms with Crippen LogP contribution >= 0.6 is 0 Å². The molecule has 4 amide bonds. The number of rotatable bonds is 44. The molecular weight excluding hydrogens is 881 g/mol. The Kier molecular flexibility index (Phi) is 35.9. The van der Waals surface area contributed by atoms with Crippen molar-refractivity contribution in [3.05, 3.63) is 52.3 Å². The van der Waals surface area contributed by atoms with Crippen molar-refractivity contribution in [2.24, 2.45) is 9.98 Å². The number of carbonyl (C=O) groups is 4. The van der Waals surface area contributed by atoms with Gasteiger partial charge in [0, 0.05) is 89.1 Å². The van der Waals surface area contributed by atoms with Crippen LogP contribution in [-0.4, -0.2) is 119 Å². The number of hydrogen-bond donors (Lipinski definition) is 7. The minimum atomic E-state index is -0.510. The highest BCUT2D eigenvalue weighted by atomic mass is 16.5. The summed E-state index contributed by atoms with van der Waals surface area (Å²) in [6.45, 7) is 10.9. The number of hydrogen-bond acceptors (Lipinski definition) is 13. The smallest absolute Gasteiger partial charge is 0.280 e. The van der Waals surface area contributed by atoms with Crippen LogP contribution in [0.15, 0.2) is 51.2 Å². The van der Waals surface area contributed by atoms with Gasteiger partial charge in [0.05, 0.1) is 26.4 Å². The number of aliphatic imine (C=N–C) groups is 2. The number of aromatic amines is 1. The van der Waals surface area contributed by atoms with Gasteiger partial charge >= 0.3 is 0 Å². The summed E-state index contributed by atoms with van der Waals surface area (Å²) < 4.78 is 16.7. The summed E-state index contributed by atoms with van der Waals surface area (Å²) in [6, 6.07) is 7.03. The largest absolute Gasteiger partial charge is 0.385 e. The number of ether oxygens (including phenoxy) is 3. The number of aromatic nitrogens is 2. The molecule has 386 valence electrons. The van der Waals surface area contributed by atoms with Crippen molar-refractivity contribution in [2.75, 3.05) is 83.4 Å². The Morgan fingerprint density at radius 2 is 1.13 bits per heavy atom. The first-order chi connectivity index (χ1) is 33.7. The van der Waals surface area contributed by atoms with Crippen molar-refractivity contribution in [3.63, 3.8) is 0 Å². The van der Waals surface area contributed by atoms with E-state index in [1.54, 1.807) is 30.5 Å². The number of unbranched alkanes of at least 4 members (excludes halogenated alkanes) is 12. The van der Waals surface area contributed by atoms with E-state index in [1.807, 2.05) is 0 Å². The van der Waals surface area contributed by atoms with Gasteiger partial charge in [0.25, 0.3) is 11.5 Å². The Balaban J connectivity index is 1.30. The summed E-state index contributed by atoms with van der Waals surface area (Å²) in [4.78, 5) is 74.9. The second-order valence-corrected chi connectivity index (χ2v) is 16.8. The van der Waals surface area contributed by atoms with E-state index in [9.17, 15) is 24.0 Å². The van der Waals surface area contributed by atoms with Gasteiger partial charge in [-0.15, -0.1) is 0 Å². The highest BCUT2D eigenvalue weighted by Crippen LogP contribution is 2.20. The molecule has 2 aromatic rings. The van der Waals surface area contributed by atoms with Crippen LogP contribution in [0.5, 0.6) is 0 Å². The van der Waals surface area contributed by atoms with E-state index < -0.39 is 5.56 Å². The molecule has 18 heteroatoms. The summed E-state index contributed by atoms with van der Waals surface area (Å²) in [5.74, 6) is -0.466. The molecule has 0 fully saturated rings. The van der Waals surface area contributed by atoms with Gasteiger partial charge in [0.1, 0.15) is 0 Å². The Hall–Kier alpha value is -5.46. The summed E-state index contributed by atoms with van der Waals surface area (Å²) in [6.07, 6.45) is 27.0. The summed E-state index contributed by atoms with van der Waals surface area (Å²) in [7, 11) is 0. The average molecular weight is 965 g/mol. The lowest BCUT2D eigenvalue weighted by molar-refractivity contribution is -0.126. The number of nitrogens with two attached hydrogens (primary N) is 1. The van der Waals surface area contributed by atoms with Gasteiger partial charge in [0.15, 0.2) is 11.5 Å². The van der Waals surface area contributed by atoms with E-state index in [-0.39, 0.29) is 53.9 Å². The molecule has 69 heavy (non-hydrogen) atoms. The van der Waals surface area contributed by atoms with Crippen molar-refractivity contribution >= 4 is 59.7 Å². The first-order valence-electron chi connectivity index (χ1n) is 25.4. The van der Waals surface area contributed by atoms with E-state index in [2.05, 4.69) is 72.3 Å². The lowest BCUT2D eigenvalue weighted by atomic mass is 10.1. The fourth-order valence-corrected chi connectivity index (χ4v) is 6.87. The van der Waals surface area contributed by atoms with Gasteiger partial charge in [-0.05, 0) is 82.3 Å². The second-order valence-electron chi connectivity index (χ2n) is 16.8. The molecule has 0 radical (unpaired) electrons. The topological polar surface area (TPSA) is 253 Å². The van der Waals surface area contributed by atoms with Gasteiger partial charge in [0.2, 0.25) is 23.7 Å². The van der Waals surface area contributed by atoms with E-state index in [0.717, 1.165) is 18.5 Å². The van der Waals surface area contributed by atoms with Gasteiger partial charge in [-0.25, -0.2) is 4.99 Å². The van der Waals surface area contributed by atoms with E-state index in [0.29, 0.717) is 110 Å². The molecule has 0 saturated heterocycles. The molecule has 1 aromatic heterocycles. The van der Waals surface area contributed by atoms with Crippen molar-refractivity contribution in [3.8, 4) is 0 Å². The maximum Gasteiger partial charge on any atom is 0.280 e. The van der Waals surface area contributed by atoms with Crippen LogP contribution < -0.4 is 37.9 Å². The Bertz CT molecular complexity index is 1820. The molecule has 0 aliphatic rings. The molecule has 0 saturated carbocycles. The molecule has 0 aliphatic heterocycles. The number of benzene rings is 1. The van der Waals surface area contributed by atoms with Crippen molar-refractivity contribution in [1.82, 2.24) is 31.2 Å². The van der Waals surface area contributed by atoms with Gasteiger partial charge in [-0.2, -0.15) is 4.98 Å². The number of allylic oxidation sites excluding steroid dienone is 2. The predicted molar refractivity (Wildman–Crippen MR) is 277 cm³/mol. The number of anilines is 2. The van der Waals surface area contributed by atoms with Gasteiger partial charge in [-0.3, -0.25) is 33.9 Å². The van der Waals surface area contributed by atoms with Crippen LogP contribution in [0.4, 0.5) is 23.1 Å². The molecule has 0 atom stereocenters. The Morgan fingerprint density at radius 3 is 1.71 bits per heavy atom. The zero-order valence-electron chi connectivity index (χ0n) is 41.6. The summed E-state index contributed by atoms with van der Waals surface area (Å²) >= 11 is 0. The van der Waals surface area contributed by atoms with Gasteiger partial charge in [-0.1, -0.05) is 76.9 Å². The SMILES string of the molecule is C=Nc1c(N=CCCNc2ccc(C(=O)NCCCC(=O)NCCCOCCOCCOCCCNC(=O)CCC(=O)NCCCCCCCC/C=C\CCCCCCCC)cc2)nc(N)[nH]c1=O. The van der Waals surface area contributed by atoms with Crippen molar-refractivity contribution in [2.45, 2.75) is 142 Å². The molecule has 18 nitrogen and oxygen atoms in total. The number of amides is 4. The molecule has 0 bridgehead atoms. The molecule has 8 N–H and O–H groups in total. The van der Waals surface area contributed by atoms with Crippen molar-refractivity contribution in [1.29, 1.82) is 0 Å². The minimum Gasteiger partial charge on any atom is -0.385 e. The lowest BCUT2D eigenvalue weighted by Gasteiger charge is -2.09. The summed E-state index contributed by atoms with van der Waals surface area (Å²) in [5.41, 5.74) is 6.39. The van der Waals surface area contributed by atoms with Crippen molar-refractivity contribution < 1.29 is 33.4 Å². The fourth-order valence-electron chi connectivity index (χ4n) is 6.87. The van der Waals surface area contributed by atoms with Crippen LogP contribution in [0.1, 0.15) is 152 Å². The van der Waals surface area contributed by atoms with Crippen LogP contribution in [0.25, 0.3) is 0 Å². The molecule has 0 aliphatic carbocycles. The quantitative estimate of drug-likeness (QED) is 0.0196. The van der Waals surface area contributed by atoms with Gasteiger partial charge < -0.3 is 46.5 Å². The number of nitrogen functional groups attached to an aromatic ring is 1. The fraction of sp³-hybridized carbons (Fsp3) is 0.647. The second kappa shape index (κ2) is 41.5. The average Bonchev–Trinajstić information content (AvgIpc) is 3.34. The molecule has 1 aromatic carbocycles. The highest BCUT2D eigenvalue weighted by Gasteiger charge is 2.09. The Morgan fingerprint density at radius 1 is 0.623 bits per heavy atom. The number of nitrogens with one attached hydrogen (secondary N) is 6. The van der Waals surface area contributed by atoms with Crippen LogP contribution in [0, 0.1) is 0 Å². The number of H-pyrrole nitrogens is 1. The minimum absolute atomic E-state index is 0.000644. The first-order valence-corrected chi connectivity index (χ1v) is 25.4. The highest BCUT2D eigenvalue weighted by molar-refractivity contribution is 5.94. The maximum atomic E-state index is 12.5. The zero-order valence-corrected chi connectivity index (χ0v) is 41.6. The predicted octanol–water partition coefficient (Wildman–Crippen LogP) is 7.40. The lowest BCUT2D eigenvalue weighted by Crippen LogP contribution is -2.29. The molecule has 0 unspecified atom stereocenters. The molecule has 0 spiro atoms. The molecule has 1 heterocycles. The Labute approximate surface area is 410 Å². The van der Waals surface area contributed by atoms with Crippen LogP contribution in [-0.2, 0) is 28.6 Å². The van der Waals surface area contributed by atoms with Crippen LogP contribution in [0.2, 0.25) is 0 Å². The van der Waals surface area contributed by atoms with E-state index in [4.69, 9.17) is 19.9 Å². The molecular formula is C51H84N10O8. The number of carbonyl (C=O) groups excluding carboxylic acids is 4. The normalized spacial score (nSPS) is 11.3. The third-order valence-electron chi connectivity index (χ3n) is 10.8. The van der Waals surface area contributed by atoms with E-state index in [1.165, 1.54) is 77.0 Å². The first kappa shape index (κ1) is 59.7. The molecule has 2 rings (SSSR count). The summed E-state index contributed by atoms with van der Waals surface area (Å²) in [5, 5.41) is 14.7. The zero-order chi connectivity index (χ0) is 49.8. The third kappa shape index (κ3) is 32.8.